The molecule has 0 bridgehead atoms. The van der Waals surface area contributed by atoms with Gasteiger partial charge in [0.05, 0.1) is 0 Å². The zero-order chi connectivity index (χ0) is 3.41. The first kappa shape index (κ1) is 4.60. The van der Waals surface area contributed by atoms with E-state index in [2.05, 4.69) is 20.6 Å². The molecule has 0 aromatic carbocycles. The molecule has 0 amide bonds. The van der Waals surface area contributed by atoms with Crippen molar-refractivity contribution < 1.29 is 0 Å². The maximum absolute atomic E-state index is 4.16. The molecule has 0 unspecified atom stereocenters. The van der Waals surface area contributed by atoms with Gasteiger partial charge in [0.15, 0.2) is 0 Å². The van der Waals surface area contributed by atoms with Crippen LogP contribution in [0.25, 0.3) is 0 Å². The van der Waals surface area contributed by atoms with Crippen molar-refractivity contribution in [3.63, 3.8) is 0 Å². The van der Waals surface area contributed by atoms with Gasteiger partial charge in [-0.1, -0.05) is 0 Å². The quantitative estimate of drug-likeness (QED) is 0.292. The number of hydrogen-bond acceptors (Lipinski definition) is 2. The number of hydrogen-bond donors (Lipinski definition) is 0. The summed E-state index contributed by atoms with van der Waals surface area (Å²) in [7, 11) is 0. The van der Waals surface area contributed by atoms with Gasteiger partial charge in [-0.05, 0) is 0 Å². The predicted octanol–water partition coefficient (Wildman–Crippen LogP) is 0.173. The van der Waals surface area contributed by atoms with Crippen molar-refractivity contribution in [1.82, 2.24) is 0 Å². The van der Waals surface area contributed by atoms with E-state index in [1.165, 1.54) is 0 Å². The molecule has 0 saturated carbocycles. The summed E-state index contributed by atoms with van der Waals surface area (Å²) in [5.41, 5.74) is 0. The Morgan fingerprint density at radius 1 is 2.00 bits per heavy atom. The Morgan fingerprint density at radius 3 is 2.25 bits per heavy atom. The molecule has 1 nitrogen and oxygen atoms in total. The van der Waals surface area contributed by atoms with Crippen LogP contribution < -0.4 is 0 Å². The third-order valence-electron chi connectivity index (χ3n) is 0.0456. The van der Waals surface area contributed by atoms with E-state index >= 15 is 0 Å². The molecular formula is CNSSn. The van der Waals surface area contributed by atoms with Crippen LogP contribution in [-0.2, 0) is 0 Å². The fourth-order valence-electron chi connectivity index (χ4n) is 0. The average molecular weight is 177 g/mol. The molecule has 0 rings (SSSR count). The van der Waals surface area contributed by atoms with Gasteiger partial charge in [-0.25, -0.2) is 0 Å². The Labute approximate surface area is 43.6 Å². The number of rotatable bonds is 0. The van der Waals surface area contributed by atoms with Gasteiger partial charge in [-0.2, -0.15) is 0 Å². The van der Waals surface area contributed by atoms with Crippen molar-refractivity contribution in [3.05, 3.63) is 0 Å². The van der Waals surface area contributed by atoms with Crippen LogP contribution in [0.4, 0.5) is 0 Å². The molecular weight excluding hydrogens is 177 g/mol. The Hall–Kier alpha value is 0.599. The van der Waals surface area contributed by atoms with Crippen molar-refractivity contribution in [2.24, 2.45) is 3.21 Å². The molecule has 19 valence electrons. The SMILES string of the molecule is S=C=[N][Sn]. The first-order chi connectivity index (χ1) is 1.91. The molecule has 0 heterocycles. The molecule has 4 heavy (non-hydrogen) atoms. The van der Waals surface area contributed by atoms with E-state index in [4.69, 9.17) is 0 Å². The summed E-state index contributed by atoms with van der Waals surface area (Å²) in [6, 6.07) is 0. The second-order valence-corrected chi connectivity index (χ2v) is 1.02. The predicted molar refractivity (Wildman–Crippen MR) is 20.8 cm³/mol. The van der Waals surface area contributed by atoms with Crippen LogP contribution in [0.5, 0.6) is 0 Å². The normalized spacial score (nSPS) is 4.25. The Balaban J connectivity index is 3.11. The summed E-state index contributed by atoms with van der Waals surface area (Å²) in [5, 5.41) is 2.18. The Kier molecular flexibility index (Phi) is 4.14. The van der Waals surface area contributed by atoms with E-state index in [0.29, 0.717) is 0 Å². The summed E-state index contributed by atoms with van der Waals surface area (Å²) in [6.07, 6.45) is 0. The Morgan fingerprint density at radius 2 is 2.25 bits per heavy atom. The van der Waals surface area contributed by atoms with Crippen molar-refractivity contribution in [2.75, 3.05) is 0 Å². The Bertz CT molecular complexity index is 46.0. The molecule has 0 aliphatic carbocycles. The zero-order valence-corrected chi connectivity index (χ0v) is 5.53. The van der Waals surface area contributed by atoms with E-state index < -0.39 is 0 Å². The van der Waals surface area contributed by atoms with Gasteiger partial charge in [-0.3, -0.25) is 0 Å². The fraction of sp³-hybridized carbons (Fsp3) is 0. The second kappa shape index (κ2) is 3.60. The van der Waals surface area contributed by atoms with E-state index in [1.807, 2.05) is 0 Å². The van der Waals surface area contributed by atoms with Crippen LogP contribution in [-0.4, -0.2) is 28.0 Å². The first-order valence-corrected chi connectivity index (χ1v) is 2.34. The fourth-order valence-corrected chi connectivity index (χ4v) is 0. The monoisotopic (exact) mass is 178 g/mol. The topological polar surface area (TPSA) is 12.4 Å². The summed E-state index contributed by atoms with van der Waals surface area (Å²) in [6.45, 7) is 0. The van der Waals surface area contributed by atoms with Crippen molar-refractivity contribution in [1.29, 1.82) is 0 Å². The van der Waals surface area contributed by atoms with Crippen LogP contribution in [0.15, 0.2) is 3.21 Å². The maximum atomic E-state index is 4.16. The second-order valence-electron chi connectivity index (χ2n) is 0.203. The van der Waals surface area contributed by atoms with Gasteiger partial charge < -0.3 is 0 Å². The molecule has 0 spiro atoms. The first-order valence-electron chi connectivity index (χ1n) is 0.651. The number of nitrogens with zero attached hydrogens (tertiary/aromatic N) is 1. The molecule has 0 N–H and O–H groups in total. The standard InChI is InChI=1S/CNS.Sn/c2-1-3;/q-1;+1. The van der Waals surface area contributed by atoms with Gasteiger partial charge in [0.2, 0.25) is 0 Å². The summed E-state index contributed by atoms with van der Waals surface area (Å²) < 4.78 is 3.39. The zero-order valence-electron chi connectivity index (χ0n) is 1.86. The third kappa shape index (κ3) is 2.60. The van der Waals surface area contributed by atoms with E-state index in [1.54, 1.807) is 0 Å². The van der Waals surface area contributed by atoms with Gasteiger partial charge in [-0.15, -0.1) is 0 Å². The van der Waals surface area contributed by atoms with Crippen molar-refractivity contribution in [2.45, 2.75) is 0 Å². The molecule has 0 aromatic rings. The molecule has 0 saturated heterocycles. The minimum absolute atomic E-state index is 1.08. The van der Waals surface area contributed by atoms with E-state index in [9.17, 15) is 0 Å². The molecule has 0 aliphatic heterocycles. The molecule has 3 heteroatoms. The van der Waals surface area contributed by atoms with Gasteiger partial charge in [0.25, 0.3) is 0 Å². The summed E-state index contributed by atoms with van der Waals surface area (Å²) in [4.78, 5) is 0. The summed E-state index contributed by atoms with van der Waals surface area (Å²) in [5.74, 6) is 0. The third-order valence-corrected chi connectivity index (χ3v) is 0.919. The van der Waals surface area contributed by atoms with Crippen LogP contribution in [0.3, 0.4) is 0 Å². The average Bonchev–Trinajstić information content (AvgIpc) is 1.37. The van der Waals surface area contributed by atoms with Crippen molar-refractivity contribution >= 4 is 40.2 Å². The van der Waals surface area contributed by atoms with Gasteiger partial charge in [0, 0.05) is 0 Å². The van der Waals surface area contributed by atoms with Gasteiger partial charge >= 0.3 is 43.4 Å². The molecule has 0 aliphatic rings. The molecule has 3 radical (unpaired) electrons. The molecule has 0 fully saturated rings. The van der Waals surface area contributed by atoms with Crippen LogP contribution in [0, 0.1) is 0 Å². The molecule has 0 aromatic heterocycles. The minimum atomic E-state index is 1.08. The molecule has 0 atom stereocenters. The van der Waals surface area contributed by atoms with Crippen LogP contribution in [0.1, 0.15) is 0 Å². The van der Waals surface area contributed by atoms with E-state index in [0.717, 1.165) is 22.8 Å². The van der Waals surface area contributed by atoms with Crippen molar-refractivity contribution in [3.8, 4) is 0 Å². The summed E-state index contributed by atoms with van der Waals surface area (Å²) >= 11 is 5.24. The van der Waals surface area contributed by atoms with Crippen LogP contribution >= 0.6 is 12.2 Å². The number of thiocarbonyl (C=S) groups is 1. The van der Waals surface area contributed by atoms with Gasteiger partial charge in [0.1, 0.15) is 0 Å². The number of isothiocyanates is 1. The van der Waals surface area contributed by atoms with E-state index in [-0.39, 0.29) is 0 Å². The van der Waals surface area contributed by atoms with Crippen LogP contribution in [0.2, 0.25) is 0 Å².